The van der Waals surface area contributed by atoms with Crippen molar-refractivity contribution in [2.75, 3.05) is 13.6 Å². The van der Waals surface area contributed by atoms with Gasteiger partial charge in [0.25, 0.3) is 0 Å². The Morgan fingerprint density at radius 2 is 1.90 bits per heavy atom. The Morgan fingerprint density at radius 3 is 2.40 bits per heavy atom. The maximum Gasteiger partial charge on any atom is 0.242 e. The van der Waals surface area contributed by atoms with Crippen LogP contribution in [0.15, 0.2) is 27.6 Å². The maximum absolute atomic E-state index is 12.5. The van der Waals surface area contributed by atoms with E-state index in [9.17, 15) is 8.42 Å². The van der Waals surface area contributed by atoms with Gasteiger partial charge >= 0.3 is 0 Å². The average Bonchev–Trinajstić information content (AvgIpc) is 2.33. The lowest BCUT2D eigenvalue weighted by Gasteiger charge is -2.21. The van der Waals surface area contributed by atoms with Gasteiger partial charge in [-0.05, 0) is 43.0 Å². The smallest absolute Gasteiger partial charge is 0.242 e. The minimum Gasteiger partial charge on any atom is -0.327 e. The van der Waals surface area contributed by atoms with Crippen LogP contribution in [0.5, 0.6) is 0 Å². The molecule has 1 atom stereocenters. The molecule has 0 aliphatic carbocycles. The number of nitrogens with two attached hydrogens (primary N) is 1. The molecule has 0 aliphatic heterocycles. The van der Waals surface area contributed by atoms with Gasteiger partial charge in [0, 0.05) is 24.1 Å². The van der Waals surface area contributed by atoms with Crippen molar-refractivity contribution < 1.29 is 8.42 Å². The second kappa shape index (κ2) is 7.02. The van der Waals surface area contributed by atoms with E-state index in [1.807, 2.05) is 26.8 Å². The van der Waals surface area contributed by atoms with E-state index >= 15 is 0 Å². The summed E-state index contributed by atoms with van der Waals surface area (Å²) in [5.41, 5.74) is 6.87. The molecule has 4 nitrogen and oxygen atoms in total. The third-order valence-electron chi connectivity index (χ3n) is 3.36. The van der Waals surface area contributed by atoms with Crippen molar-refractivity contribution in [2.24, 2.45) is 11.7 Å². The lowest BCUT2D eigenvalue weighted by molar-refractivity contribution is 0.397. The maximum atomic E-state index is 12.5. The molecule has 2 N–H and O–H groups in total. The van der Waals surface area contributed by atoms with E-state index in [0.29, 0.717) is 23.8 Å². The third kappa shape index (κ3) is 4.55. The van der Waals surface area contributed by atoms with E-state index < -0.39 is 10.0 Å². The third-order valence-corrected chi connectivity index (χ3v) is 5.65. The number of hydrogen-bond acceptors (Lipinski definition) is 3. The summed E-state index contributed by atoms with van der Waals surface area (Å²) in [5.74, 6) is 0.346. The first kappa shape index (κ1) is 17.6. The van der Waals surface area contributed by atoms with Crippen LogP contribution in [0, 0.1) is 12.8 Å². The van der Waals surface area contributed by atoms with Gasteiger partial charge in [0.05, 0.1) is 4.90 Å². The Morgan fingerprint density at radius 1 is 1.30 bits per heavy atom. The highest BCUT2D eigenvalue weighted by Gasteiger charge is 2.22. The predicted octanol–water partition coefficient (Wildman–Crippen LogP) is 2.75. The molecule has 1 unspecified atom stereocenters. The number of aryl methyl sites for hydroxylation is 1. The van der Waals surface area contributed by atoms with Crippen molar-refractivity contribution in [3.05, 3.63) is 28.2 Å². The van der Waals surface area contributed by atoms with Gasteiger partial charge < -0.3 is 5.73 Å². The Labute approximate surface area is 130 Å². The van der Waals surface area contributed by atoms with Gasteiger partial charge in [-0.2, -0.15) is 0 Å². The van der Waals surface area contributed by atoms with Crippen molar-refractivity contribution in [3.63, 3.8) is 0 Å². The summed E-state index contributed by atoms with van der Waals surface area (Å²) in [7, 11) is -1.86. The largest absolute Gasteiger partial charge is 0.327 e. The molecule has 0 radical (unpaired) electrons. The molecule has 0 heterocycles. The van der Waals surface area contributed by atoms with Gasteiger partial charge in [0.2, 0.25) is 10.0 Å². The highest BCUT2D eigenvalue weighted by atomic mass is 79.9. The first-order valence-electron chi connectivity index (χ1n) is 6.63. The summed E-state index contributed by atoms with van der Waals surface area (Å²) in [5, 5.41) is 0. The van der Waals surface area contributed by atoms with Gasteiger partial charge in [-0.3, -0.25) is 0 Å². The molecule has 1 rings (SSSR count). The fraction of sp³-hybridized carbons (Fsp3) is 0.571. The van der Waals surface area contributed by atoms with Crippen molar-refractivity contribution in [1.82, 2.24) is 4.31 Å². The van der Waals surface area contributed by atoms with Gasteiger partial charge in [-0.1, -0.05) is 29.8 Å². The highest BCUT2D eigenvalue weighted by Crippen LogP contribution is 2.22. The standard InChI is InChI=1S/C14H23BrN2O2S/c1-10(2)14(16)5-6-17(4)20(18,19)13-8-11(3)7-12(15)9-13/h7-10,14H,5-6,16H2,1-4H3. The fourth-order valence-electron chi connectivity index (χ4n) is 1.82. The van der Waals surface area contributed by atoms with E-state index in [0.717, 1.165) is 10.0 Å². The number of sulfonamides is 1. The number of halogens is 1. The molecule has 0 spiro atoms. The van der Waals surface area contributed by atoms with E-state index in [4.69, 9.17) is 5.73 Å². The molecule has 20 heavy (non-hydrogen) atoms. The van der Waals surface area contributed by atoms with Gasteiger partial charge in [0.1, 0.15) is 0 Å². The summed E-state index contributed by atoms with van der Waals surface area (Å²) in [6.45, 7) is 6.37. The number of hydrogen-bond donors (Lipinski definition) is 1. The monoisotopic (exact) mass is 362 g/mol. The summed E-state index contributed by atoms with van der Waals surface area (Å²) < 4.78 is 27.1. The summed E-state index contributed by atoms with van der Waals surface area (Å²) >= 11 is 3.33. The zero-order valence-corrected chi connectivity index (χ0v) is 14.8. The van der Waals surface area contributed by atoms with Crippen molar-refractivity contribution in [2.45, 2.75) is 38.1 Å². The van der Waals surface area contributed by atoms with Crippen LogP contribution < -0.4 is 5.73 Å². The quantitative estimate of drug-likeness (QED) is 0.845. The Balaban J connectivity index is 2.87. The number of benzene rings is 1. The van der Waals surface area contributed by atoms with Crippen molar-refractivity contribution >= 4 is 26.0 Å². The van der Waals surface area contributed by atoms with Crippen LogP contribution in [-0.2, 0) is 10.0 Å². The second-order valence-electron chi connectivity index (χ2n) is 5.49. The molecule has 0 aliphatic rings. The molecule has 1 aromatic carbocycles. The summed E-state index contributed by atoms with van der Waals surface area (Å²) in [6, 6.07) is 5.20. The molecule has 0 aromatic heterocycles. The first-order valence-corrected chi connectivity index (χ1v) is 8.87. The predicted molar refractivity (Wildman–Crippen MR) is 86.1 cm³/mol. The SMILES string of the molecule is Cc1cc(Br)cc(S(=O)(=O)N(C)CCC(N)C(C)C)c1. The Bertz CT molecular complexity index is 538. The van der Waals surface area contributed by atoms with Crippen LogP contribution in [0.4, 0.5) is 0 Å². The van der Waals surface area contributed by atoms with Crippen LogP contribution in [0.25, 0.3) is 0 Å². The van der Waals surface area contributed by atoms with Crippen LogP contribution in [0.1, 0.15) is 25.8 Å². The molecule has 0 bridgehead atoms. The molecular formula is C14H23BrN2O2S. The van der Waals surface area contributed by atoms with Gasteiger partial charge in [-0.25, -0.2) is 12.7 Å². The number of nitrogens with zero attached hydrogens (tertiary/aromatic N) is 1. The second-order valence-corrected chi connectivity index (χ2v) is 8.45. The van der Waals surface area contributed by atoms with E-state index in [1.54, 1.807) is 19.2 Å². The Hall–Kier alpha value is -0.430. The molecule has 1 aromatic rings. The Kier molecular flexibility index (Phi) is 6.19. The molecule has 6 heteroatoms. The molecule has 114 valence electrons. The zero-order valence-electron chi connectivity index (χ0n) is 12.4. The normalized spacial score (nSPS) is 14.0. The lowest BCUT2D eigenvalue weighted by atomic mass is 10.0. The number of rotatable bonds is 6. The van der Waals surface area contributed by atoms with Crippen LogP contribution in [-0.4, -0.2) is 32.4 Å². The van der Waals surface area contributed by atoms with Gasteiger partial charge in [0.15, 0.2) is 0 Å². The topological polar surface area (TPSA) is 63.4 Å². The lowest BCUT2D eigenvalue weighted by Crippen LogP contribution is -2.34. The van der Waals surface area contributed by atoms with Crippen molar-refractivity contribution in [3.8, 4) is 0 Å². The molecular weight excluding hydrogens is 340 g/mol. The summed E-state index contributed by atoms with van der Waals surface area (Å²) in [4.78, 5) is 0.310. The molecule has 0 amide bonds. The van der Waals surface area contributed by atoms with E-state index in [1.165, 1.54) is 4.31 Å². The minimum absolute atomic E-state index is 0.0110. The van der Waals surface area contributed by atoms with Crippen LogP contribution >= 0.6 is 15.9 Å². The molecule has 0 saturated heterocycles. The first-order chi connectivity index (χ1) is 9.14. The van der Waals surface area contributed by atoms with E-state index in [2.05, 4.69) is 15.9 Å². The van der Waals surface area contributed by atoms with Crippen molar-refractivity contribution in [1.29, 1.82) is 0 Å². The summed E-state index contributed by atoms with van der Waals surface area (Å²) in [6.07, 6.45) is 0.653. The molecule has 0 fully saturated rings. The zero-order chi connectivity index (χ0) is 15.5. The van der Waals surface area contributed by atoms with Gasteiger partial charge in [-0.15, -0.1) is 0 Å². The van der Waals surface area contributed by atoms with E-state index in [-0.39, 0.29) is 6.04 Å². The molecule has 0 saturated carbocycles. The van der Waals surface area contributed by atoms with Crippen LogP contribution in [0.2, 0.25) is 0 Å². The average molecular weight is 363 g/mol. The fourth-order valence-corrected chi connectivity index (χ4v) is 3.89. The highest BCUT2D eigenvalue weighted by molar-refractivity contribution is 9.10. The van der Waals surface area contributed by atoms with Crippen LogP contribution in [0.3, 0.4) is 0 Å². The minimum atomic E-state index is -3.46.